The van der Waals surface area contributed by atoms with Crippen molar-refractivity contribution in [3.63, 3.8) is 0 Å². The predicted molar refractivity (Wildman–Crippen MR) is 77.8 cm³/mol. The minimum absolute atomic E-state index is 0.154. The van der Waals surface area contributed by atoms with E-state index in [1.54, 1.807) is 12.1 Å². The van der Waals surface area contributed by atoms with Gasteiger partial charge >= 0.3 is 0 Å². The molecule has 0 amide bonds. The molecule has 0 aliphatic carbocycles. The third-order valence-corrected chi connectivity index (χ3v) is 4.11. The average Bonchev–Trinajstić information content (AvgIpc) is 2.75. The molecule has 1 heterocycles. The number of hydrogen-bond donors (Lipinski definition) is 1. The van der Waals surface area contributed by atoms with E-state index in [1.165, 1.54) is 11.3 Å². The summed E-state index contributed by atoms with van der Waals surface area (Å²) < 4.78 is 6.51. The van der Waals surface area contributed by atoms with Crippen molar-refractivity contribution in [1.29, 1.82) is 0 Å². The highest BCUT2D eigenvalue weighted by Crippen LogP contribution is 2.29. The first-order valence-corrected chi connectivity index (χ1v) is 7.06. The van der Waals surface area contributed by atoms with Crippen molar-refractivity contribution < 1.29 is 4.74 Å². The van der Waals surface area contributed by atoms with Gasteiger partial charge in [-0.25, -0.2) is 0 Å². The van der Waals surface area contributed by atoms with Gasteiger partial charge in [0, 0.05) is 9.90 Å². The molecule has 2 unspecified atom stereocenters. The standard InChI is InChI=1S/C13H13Cl2NOS/c1-8(13(16)11-5-6-12(15)18-11)17-10-4-2-3-9(14)7-10/h2-8,13H,16H2,1H3. The third-order valence-electron chi connectivity index (χ3n) is 2.55. The average molecular weight is 302 g/mol. The van der Waals surface area contributed by atoms with Gasteiger partial charge in [0.25, 0.3) is 0 Å². The summed E-state index contributed by atoms with van der Waals surface area (Å²) in [5.41, 5.74) is 6.13. The third kappa shape index (κ3) is 3.39. The number of rotatable bonds is 4. The monoisotopic (exact) mass is 301 g/mol. The van der Waals surface area contributed by atoms with E-state index in [1.807, 2.05) is 31.2 Å². The molecule has 1 aromatic heterocycles. The largest absolute Gasteiger partial charge is 0.489 e. The molecule has 2 rings (SSSR count). The fraction of sp³-hybridized carbons (Fsp3) is 0.231. The zero-order valence-electron chi connectivity index (χ0n) is 9.77. The molecule has 5 heteroatoms. The summed E-state index contributed by atoms with van der Waals surface area (Å²) in [4.78, 5) is 1.01. The Kier molecular flexibility index (Phi) is 4.51. The molecule has 1 aromatic carbocycles. The summed E-state index contributed by atoms with van der Waals surface area (Å²) in [7, 11) is 0. The Labute approximate surface area is 120 Å². The Hall–Kier alpha value is -0.740. The minimum atomic E-state index is -0.207. The summed E-state index contributed by atoms with van der Waals surface area (Å²) in [6.45, 7) is 1.93. The van der Waals surface area contributed by atoms with Gasteiger partial charge in [-0.3, -0.25) is 0 Å². The molecule has 2 atom stereocenters. The van der Waals surface area contributed by atoms with Crippen molar-refractivity contribution in [2.75, 3.05) is 0 Å². The maximum atomic E-state index is 6.13. The van der Waals surface area contributed by atoms with Gasteiger partial charge < -0.3 is 10.5 Å². The van der Waals surface area contributed by atoms with E-state index in [4.69, 9.17) is 33.7 Å². The minimum Gasteiger partial charge on any atom is -0.489 e. The summed E-state index contributed by atoms with van der Waals surface area (Å²) in [6, 6.07) is 10.8. The van der Waals surface area contributed by atoms with Crippen molar-refractivity contribution >= 4 is 34.5 Å². The zero-order chi connectivity index (χ0) is 13.1. The van der Waals surface area contributed by atoms with Crippen LogP contribution in [0.25, 0.3) is 0 Å². The summed E-state index contributed by atoms with van der Waals surface area (Å²) in [5, 5.41) is 0.646. The number of halogens is 2. The van der Waals surface area contributed by atoms with Crippen LogP contribution in [0.3, 0.4) is 0 Å². The van der Waals surface area contributed by atoms with Crippen LogP contribution in [0.2, 0.25) is 9.36 Å². The molecule has 0 saturated carbocycles. The van der Waals surface area contributed by atoms with Crippen LogP contribution in [0.5, 0.6) is 5.75 Å². The van der Waals surface area contributed by atoms with Crippen LogP contribution in [0.4, 0.5) is 0 Å². The molecule has 18 heavy (non-hydrogen) atoms. The molecule has 0 aliphatic heterocycles. The predicted octanol–water partition coefficient (Wildman–Crippen LogP) is 4.52. The van der Waals surface area contributed by atoms with Crippen molar-refractivity contribution in [3.05, 3.63) is 50.6 Å². The number of ether oxygens (including phenoxy) is 1. The number of nitrogens with two attached hydrogens (primary N) is 1. The summed E-state index contributed by atoms with van der Waals surface area (Å²) in [6.07, 6.45) is -0.154. The van der Waals surface area contributed by atoms with Crippen LogP contribution in [0.1, 0.15) is 17.8 Å². The number of benzene rings is 1. The number of hydrogen-bond acceptors (Lipinski definition) is 3. The topological polar surface area (TPSA) is 35.2 Å². The van der Waals surface area contributed by atoms with Crippen molar-refractivity contribution in [1.82, 2.24) is 0 Å². The quantitative estimate of drug-likeness (QED) is 0.901. The van der Waals surface area contributed by atoms with Gasteiger partial charge in [0.1, 0.15) is 11.9 Å². The van der Waals surface area contributed by atoms with Gasteiger partial charge in [-0.05, 0) is 37.3 Å². The molecule has 0 aliphatic rings. The lowest BCUT2D eigenvalue weighted by Gasteiger charge is -2.20. The van der Waals surface area contributed by atoms with E-state index < -0.39 is 0 Å². The van der Waals surface area contributed by atoms with Gasteiger partial charge in [-0.15, -0.1) is 11.3 Å². The van der Waals surface area contributed by atoms with E-state index in [0.29, 0.717) is 10.8 Å². The molecule has 96 valence electrons. The molecule has 2 nitrogen and oxygen atoms in total. The smallest absolute Gasteiger partial charge is 0.121 e. The van der Waals surface area contributed by atoms with Crippen LogP contribution in [-0.2, 0) is 0 Å². The van der Waals surface area contributed by atoms with Gasteiger partial charge in [0.05, 0.1) is 10.4 Å². The van der Waals surface area contributed by atoms with E-state index in [0.717, 1.165) is 9.21 Å². The van der Waals surface area contributed by atoms with Gasteiger partial charge in [0.15, 0.2) is 0 Å². The SMILES string of the molecule is CC(Oc1cccc(Cl)c1)C(N)c1ccc(Cl)s1. The summed E-state index contributed by atoms with van der Waals surface area (Å²) >= 11 is 13.3. The Morgan fingerprint density at radius 1 is 1.22 bits per heavy atom. The fourth-order valence-electron chi connectivity index (χ4n) is 1.57. The first-order chi connectivity index (χ1) is 8.56. The molecule has 0 bridgehead atoms. The zero-order valence-corrected chi connectivity index (χ0v) is 12.1. The Bertz CT molecular complexity index is 529. The highest BCUT2D eigenvalue weighted by molar-refractivity contribution is 7.16. The van der Waals surface area contributed by atoms with E-state index >= 15 is 0 Å². The first kappa shape index (κ1) is 13.7. The molecule has 0 spiro atoms. The Morgan fingerprint density at radius 2 is 2.00 bits per heavy atom. The summed E-state index contributed by atoms with van der Waals surface area (Å²) in [5.74, 6) is 0.716. The highest BCUT2D eigenvalue weighted by atomic mass is 35.5. The molecular formula is C13H13Cl2NOS. The second-order valence-electron chi connectivity index (χ2n) is 3.95. The molecule has 2 N–H and O–H groups in total. The van der Waals surface area contributed by atoms with Crippen LogP contribution in [0, 0.1) is 0 Å². The molecule has 0 fully saturated rings. The van der Waals surface area contributed by atoms with Gasteiger partial charge in [-0.2, -0.15) is 0 Å². The van der Waals surface area contributed by atoms with E-state index in [2.05, 4.69) is 0 Å². The van der Waals surface area contributed by atoms with E-state index in [9.17, 15) is 0 Å². The van der Waals surface area contributed by atoms with Crippen LogP contribution >= 0.6 is 34.5 Å². The highest BCUT2D eigenvalue weighted by Gasteiger charge is 2.18. The second-order valence-corrected chi connectivity index (χ2v) is 6.13. The van der Waals surface area contributed by atoms with Crippen LogP contribution < -0.4 is 10.5 Å². The molecule has 2 aromatic rings. The van der Waals surface area contributed by atoms with E-state index in [-0.39, 0.29) is 12.1 Å². The van der Waals surface area contributed by atoms with Gasteiger partial charge in [-0.1, -0.05) is 29.3 Å². The van der Waals surface area contributed by atoms with Crippen molar-refractivity contribution in [2.45, 2.75) is 19.1 Å². The molecule has 0 radical (unpaired) electrons. The van der Waals surface area contributed by atoms with Crippen molar-refractivity contribution in [3.8, 4) is 5.75 Å². The van der Waals surface area contributed by atoms with Crippen LogP contribution in [-0.4, -0.2) is 6.10 Å². The van der Waals surface area contributed by atoms with Crippen molar-refractivity contribution in [2.24, 2.45) is 5.73 Å². The number of thiophene rings is 1. The second kappa shape index (κ2) is 5.93. The van der Waals surface area contributed by atoms with Crippen LogP contribution in [0.15, 0.2) is 36.4 Å². The first-order valence-electron chi connectivity index (χ1n) is 5.49. The fourth-order valence-corrected chi connectivity index (χ4v) is 2.90. The lowest BCUT2D eigenvalue weighted by molar-refractivity contribution is 0.192. The Balaban J connectivity index is 2.05. The van der Waals surface area contributed by atoms with Gasteiger partial charge in [0.2, 0.25) is 0 Å². The maximum Gasteiger partial charge on any atom is 0.121 e. The lowest BCUT2D eigenvalue weighted by Crippen LogP contribution is -2.27. The normalized spacial score (nSPS) is 14.2. The maximum absolute atomic E-state index is 6.13. The lowest BCUT2D eigenvalue weighted by atomic mass is 10.1. The Morgan fingerprint density at radius 3 is 2.61 bits per heavy atom. The molecule has 0 saturated heterocycles. The molecular weight excluding hydrogens is 289 g/mol.